The van der Waals surface area contributed by atoms with Gasteiger partial charge in [-0.2, -0.15) is 0 Å². The molecular weight excluding hydrogens is 178 g/mol. The third-order valence-electron chi connectivity index (χ3n) is 1.32. The van der Waals surface area contributed by atoms with Gasteiger partial charge < -0.3 is 14.4 Å². The van der Waals surface area contributed by atoms with Crippen molar-refractivity contribution in [2.75, 3.05) is 7.11 Å². The summed E-state index contributed by atoms with van der Waals surface area (Å²) in [7, 11) is 1.23. The van der Waals surface area contributed by atoms with E-state index >= 15 is 0 Å². The maximum atomic E-state index is 10.7. The van der Waals surface area contributed by atoms with E-state index in [1.807, 2.05) is 0 Å². The van der Waals surface area contributed by atoms with Crippen molar-refractivity contribution in [3.63, 3.8) is 0 Å². The van der Waals surface area contributed by atoms with E-state index in [4.69, 9.17) is 5.11 Å². The van der Waals surface area contributed by atoms with E-state index in [0.717, 1.165) is 0 Å². The summed E-state index contributed by atoms with van der Waals surface area (Å²) >= 11 is 0. The van der Waals surface area contributed by atoms with Crippen molar-refractivity contribution in [3.05, 3.63) is 17.5 Å². The smallest absolute Gasteiger partial charge is 0.358 e. The van der Waals surface area contributed by atoms with E-state index in [1.165, 1.54) is 13.2 Å². The molecule has 0 saturated heterocycles. The van der Waals surface area contributed by atoms with Gasteiger partial charge in [-0.25, -0.2) is 4.79 Å². The monoisotopic (exact) mass is 185 g/mol. The molecule has 6 heteroatoms. The van der Waals surface area contributed by atoms with Crippen molar-refractivity contribution < 1.29 is 24.0 Å². The Morgan fingerprint density at radius 1 is 1.69 bits per heavy atom. The molecule has 1 aromatic heterocycles. The molecule has 0 bridgehead atoms. The van der Waals surface area contributed by atoms with E-state index in [2.05, 4.69) is 14.4 Å². The second-order valence-electron chi connectivity index (χ2n) is 2.24. The van der Waals surface area contributed by atoms with Crippen LogP contribution >= 0.6 is 0 Å². The van der Waals surface area contributed by atoms with Crippen LogP contribution in [0.25, 0.3) is 0 Å². The third kappa shape index (κ3) is 2.29. The number of nitrogens with zero attached hydrogens (tertiary/aromatic N) is 1. The minimum atomic E-state index is -1.19. The van der Waals surface area contributed by atoms with Crippen molar-refractivity contribution in [2.45, 2.75) is 6.42 Å². The Bertz CT molecular complexity index is 329. The molecule has 0 aliphatic heterocycles. The first-order valence-electron chi connectivity index (χ1n) is 3.39. The van der Waals surface area contributed by atoms with Crippen LogP contribution in [0.5, 0.6) is 0 Å². The predicted octanol–water partition coefficient (Wildman–Crippen LogP) is 0.0883. The molecule has 1 heterocycles. The van der Waals surface area contributed by atoms with Crippen LogP contribution in [-0.2, 0) is 16.0 Å². The molecule has 6 nitrogen and oxygen atoms in total. The van der Waals surface area contributed by atoms with Crippen molar-refractivity contribution in [1.29, 1.82) is 0 Å². The summed E-state index contributed by atoms with van der Waals surface area (Å²) < 4.78 is 8.92. The van der Waals surface area contributed by atoms with E-state index in [9.17, 15) is 9.59 Å². The third-order valence-corrected chi connectivity index (χ3v) is 1.32. The number of aromatic nitrogens is 1. The summed E-state index contributed by atoms with van der Waals surface area (Å²) in [5.41, 5.74) is -0.223. The van der Waals surface area contributed by atoms with Gasteiger partial charge in [-0.15, -0.1) is 0 Å². The van der Waals surface area contributed by atoms with Crippen molar-refractivity contribution >= 4 is 11.9 Å². The molecule has 70 valence electrons. The van der Waals surface area contributed by atoms with Gasteiger partial charge in [0.05, 0.1) is 7.11 Å². The van der Waals surface area contributed by atoms with Crippen LogP contribution < -0.4 is 0 Å². The maximum Gasteiger partial charge on any atom is 0.358 e. The number of carbonyl (C=O) groups excluding carboxylic acids is 1. The second kappa shape index (κ2) is 3.70. The molecule has 0 spiro atoms. The quantitative estimate of drug-likeness (QED) is 0.671. The number of aromatic carboxylic acids is 1. The van der Waals surface area contributed by atoms with Crippen molar-refractivity contribution in [2.24, 2.45) is 0 Å². The lowest BCUT2D eigenvalue weighted by molar-refractivity contribution is -0.140. The number of esters is 1. The zero-order valence-electron chi connectivity index (χ0n) is 6.81. The Morgan fingerprint density at radius 2 is 2.38 bits per heavy atom. The lowest BCUT2D eigenvalue weighted by atomic mass is 10.3. The lowest BCUT2D eigenvalue weighted by Crippen LogP contribution is -2.03. The van der Waals surface area contributed by atoms with Crippen molar-refractivity contribution in [3.8, 4) is 0 Å². The van der Waals surface area contributed by atoms with Gasteiger partial charge in [0.15, 0.2) is 5.69 Å². The fourth-order valence-corrected chi connectivity index (χ4v) is 0.712. The largest absolute Gasteiger partial charge is 0.476 e. The predicted molar refractivity (Wildman–Crippen MR) is 39.2 cm³/mol. The van der Waals surface area contributed by atoms with Crippen LogP contribution in [0.3, 0.4) is 0 Å². The minimum absolute atomic E-state index is 0.114. The van der Waals surface area contributed by atoms with Gasteiger partial charge in [-0.05, 0) is 0 Å². The van der Waals surface area contributed by atoms with E-state index < -0.39 is 11.9 Å². The van der Waals surface area contributed by atoms with Crippen LogP contribution in [0.2, 0.25) is 0 Å². The van der Waals surface area contributed by atoms with Gasteiger partial charge in [0, 0.05) is 6.07 Å². The standard InChI is InChI=1S/C7H7NO5/c1-12-6(9)3-4-2-5(7(10)11)8-13-4/h2H,3H2,1H3,(H,10,11). The topological polar surface area (TPSA) is 89.6 Å². The fraction of sp³-hybridized carbons (Fsp3) is 0.286. The molecule has 0 unspecified atom stereocenters. The van der Waals surface area contributed by atoms with Crippen LogP contribution in [0.4, 0.5) is 0 Å². The molecule has 1 aromatic rings. The second-order valence-corrected chi connectivity index (χ2v) is 2.24. The highest BCUT2D eigenvalue weighted by Crippen LogP contribution is 2.04. The molecule has 0 aromatic carbocycles. The SMILES string of the molecule is COC(=O)Cc1cc(C(=O)O)no1. The van der Waals surface area contributed by atoms with Crippen LogP contribution in [0.15, 0.2) is 10.6 Å². The summed E-state index contributed by atoms with van der Waals surface area (Å²) in [4.78, 5) is 21.0. The molecule has 0 aliphatic rings. The average molecular weight is 185 g/mol. The zero-order valence-corrected chi connectivity index (χ0v) is 6.81. The van der Waals surface area contributed by atoms with Crippen LogP contribution in [0.1, 0.15) is 16.2 Å². The first kappa shape index (κ1) is 9.24. The van der Waals surface area contributed by atoms with Gasteiger partial charge in [0.2, 0.25) is 0 Å². The van der Waals surface area contributed by atoms with Gasteiger partial charge in [0.1, 0.15) is 12.2 Å². The Morgan fingerprint density at radius 3 is 2.85 bits per heavy atom. The van der Waals surface area contributed by atoms with Gasteiger partial charge in [-0.3, -0.25) is 4.79 Å². The molecule has 1 N–H and O–H groups in total. The van der Waals surface area contributed by atoms with Gasteiger partial charge >= 0.3 is 11.9 Å². The molecule has 0 aliphatic carbocycles. The summed E-state index contributed by atoms with van der Waals surface area (Å²) in [5.74, 6) is -1.53. The molecule has 0 amide bonds. The summed E-state index contributed by atoms with van der Waals surface area (Å²) in [6, 6.07) is 1.18. The van der Waals surface area contributed by atoms with Gasteiger partial charge in [0.25, 0.3) is 0 Å². The van der Waals surface area contributed by atoms with Crippen molar-refractivity contribution in [1.82, 2.24) is 5.16 Å². The normalized spacial score (nSPS) is 9.62. The maximum absolute atomic E-state index is 10.7. The Hall–Kier alpha value is -1.85. The number of rotatable bonds is 3. The number of carboxylic acids is 1. The molecule has 0 radical (unpaired) electrons. The molecular formula is C7H7NO5. The molecule has 0 saturated carbocycles. The number of carboxylic acid groups (broad SMARTS) is 1. The molecule has 0 atom stereocenters. The lowest BCUT2D eigenvalue weighted by Gasteiger charge is -1.91. The number of methoxy groups -OCH3 is 1. The fourth-order valence-electron chi connectivity index (χ4n) is 0.712. The Balaban J connectivity index is 2.69. The average Bonchev–Trinajstić information content (AvgIpc) is 2.52. The van der Waals surface area contributed by atoms with Crippen LogP contribution in [-0.4, -0.2) is 29.3 Å². The molecule has 0 fully saturated rings. The highest BCUT2D eigenvalue weighted by molar-refractivity contribution is 5.85. The summed E-state index contributed by atoms with van der Waals surface area (Å²) in [6.45, 7) is 0. The van der Waals surface area contributed by atoms with Gasteiger partial charge in [-0.1, -0.05) is 5.16 Å². The highest BCUT2D eigenvalue weighted by Gasteiger charge is 2.13. The number of ether oxygens (including phenoxy) is 1. The summed E-state index contributed by atoms with van der Waals surface area (Å²) in [6.07, 6.45) is -0.114. The number of hydrogen-bond donors (Lipinski definition) is 1. The zero-order chi connectivity index (χ0) is 9.84. The first-order valence-corrected chi connectivity index (χ1v) is 3.39. The first-order chi connectivity index (χ1) is 6.13. The number of hydrogen-bond acceptors (Lipinski definition) is 5. The number of carbonyl (C=O) groups is 2. The van der Waals surface area contributed by atoms with E-state index in [1.54, 1.807) is 0 Å². The highest BCUT2D eigenvalue weighted by atomic mass is 16.5. The molecule has 13 heavy (non-hydrogen) atoms. The Kier molecular flexibility index (Phi) is 2.63. The Labute approximate surface area is 73.1 Å². The summed E-state index contributed by atoms with van der Waals surface area (Å²) in [5, 5.41) is 11.7. The minimum Gasteiger partial charge on any atom is -0.476 e. The van der Waals surface area contributed by atoms with E-state index in [-0.39, 0.29) is 17.9 Å². The van der Waals surface area contributed by atoms with Crippen LogP contribution in [0, 0.1) is 0 Å². The van der Waals surface area contributed by atoms with E-state index in [0.29, 0.717) is 0 Å². The molecule has 1 rings (SSSR count).